The van der Waals surface area contributed by atoms with Crippen molar-refractivity contribution in [1.29, 1.82) is 0 Å². The van der Waals surface area contributed by atoms with Crippen molar-refractivity contribution in [2.45, 2.75) is 19.9 Å². The summed E-state index contributed by atoms with van der Waals surface area (Å²) < 4.78 is 16.0. The lowest BCUT2D eigenvalue weighted by Crippen LogP contribution is -2.12. The van der Waals surface area contributed by atoms with Crippen LogP contribution in [0.25, 0.3) is 22.6 Å². The molecule has 1 amide bonds. The molecule has 0 aliphatic heterocycles. The van der Waals surface area contributed by atoms with Gasteiger partial charge in [-0.3, -0.25) is 19.8 Å². The number of carbonyl (C=O) groups excluding carboxylic acids is 1. The van der Waals surface area contributed by atoms with Crippen LogP contribution in [0.15, 0.2) is 54.2 Å². The van der Waals surface area contributed by atoms with E-state index in [1.807, 2.05) is 13.8 Å². The SMILES string of the molecule is CC(C)n1cc(C(=O)Nc2nc(-c3ccc(Cl)cn3)cs2)c(-c2ccccc2F)n1. The Hall–Kier alpha value is -3.10. The van der Waals surface area contributed by atoms with Gasteiger partial charge in [-0.1, -0.05) is 23.7 Å². The summed E-state index contributed by atoms with van der Waals surface area (Å²) in [6.07, 6.45) is 3.16. The summed E-state index contributed by atoms with van der Waals surface area (Å²) in [5.74, 6) is -0.851. The van der Waals surface area contributed by atoms with E-state index in [4.69, 9.17) is 11.6 Å². The molecule has 0 aliphatic rings. The maximum absolute atomic E-state index is 14.4. The first-order valence-corrected chi connectivity index (χ1v) is 10.4. The number of nitrogens with one attached hydrogen (secondary N) is 1. The molecule has 3 heterocycles. The number of thiazole rings is 1. The van der Waals surface area contributed by atoms with Crippen molar-refractivity contribution in [3.8, 4) is 22.6 Å². The molecule has 0 radical (unpaired) electrons. The van der Waals surface area contributed by atoms with Gasteiger partial charge in [0.25, 0.3) is 5.91 Å². The van der Waals surface area contributed by atoms with Crippen molar-refractivity contribution < 1.29 is 9.18 Å². The fraction of sp³-hybridized carbons (Fsp3) is 0.143. The Morgan fingerprint density at radius 3 is 2.70 bits per heavy atom. The number of halogens is 2. The van der Waals surface area contributed by atoms with Crippen LogP contribution >= 0.6 is 22.9 Å². The van der Waals surface area contributed by atoms with Crippen LogP contribution in [-0.4, -0.2) is 25.7 Å². The number of benzene rings is 1. The van der Waals surface area contributed by atoms with Gasteiger partial charge in [-0.2, -0.15) is 5.10 Å². The minimum Gasteiger partial charge on any atom is -0.298 e. The minimum atomic E-state index is -0.439. The average molecular weight is 442 g/mol. The van der Waals surface area contributed by atoms with Crippen molar-refractivity contribution in [3.63, 3.8) is 0 Å². The van der Waals surface area contributed by atoms with Gasteiger partial charge < -0.3 is 0 Å². The number of carbonyl (C=O) groups is 1. The first kappa shape index (κ1) is 20.2. The second-order valence-corrected chi connectivity index (χ2v) is 8.09. The highest BCUT2D eigenvalue weighted by molar-refractivity contribution is 7.14. The van der Waals surface area contributed by atoms with Crippen LogP contribution in [0.2, 0.25) is 5.02 Å². The van der Waals surface area contributed by atoms with Gasteiger partial charge in [0, 0.05) is 29.4 Å². The van der Waals surface area contributed by atoms with Gasteiger partial charge in [-0.05, 0) is 38.1 Å². The van der Waals surface area contributed by atoms with Crippen LogP contribution in [0.4, 0.5) is 9.52 Å². The Labute approximate surface area is 181 Å². The summed E-state index contributed by atoms with van der Waals surface area (Å²) in [4.78, 5) is 21.6. The molecule has 30 heavy (non-hydrogen) atoms. The normalized spacial score (nSPS) is 11.1. The van der Waals surface area contributed by atoms with E-state index >= 15 is 0 Å². The van der Waals surface area contributed by atoms with Crippen LogP contribution in [0, 0.1) is 5.82 Å². The van der Waals surface area contributed by atoms with Gasteiger partial charge in [-0.15, -0.1) is 11.3 Å². The van der Waals surface area contributed by atoms with Crippen molar-refractivity contribution in [2.24, 2.45) is 0 Å². The predicted octanol–water partition coefficient (Wildman–Crippen LogP) is 5.69. The molecule has 152 valence electrons. The molecule has 4 rings (SSSR count). The molecule has 0 unspecified atom stereocenters. The zero-order valence-corrected chi connectivity index (χ0v) is 17.7. The van der Waals surface area contributed by atoms with Crippen LogP contribution in [0.3, 0.4) is 0 Å². The summed E-state index contributed by atoms with van der Waals surface area (Å²) in [7, 11) is 0. The smallest absolute Gasteiger partial charge is 0.261 e. The summed E-state index contributed by atoms with van der Waals surface area (Å²) in [5, 5.41) is 9.95. The predicted molar refractivity (Wildman–Crippen MR) is 116 cm³/mol. The second kappa shape index (κ2) is 8.33. The molecule has 4 aromatic rings. The molecule has 0 saturated heterocycles. The second-order valence-electron chi connectivity index (χ2n) is 6.80. The van der Waals surface area contributed by atoms with Gasteiger partial charge in [-0.25, -0.2) is 9.37 Å². The Morgan fingerprint density at radius 1 is 1.20 bits per heavy atom. The van der Waals surface area contributed by atoms with Crippen LogP contribution < -0.4 is 5.32 Å². The number of hydrogen-bond donors (Lipinski definition) is 1. The summed E-state index contributed by atoms with van der Waals surface area (Å²) in [5.41, 5.74) is 2.10. The van der Waals surface area contributed by atoms with Crippen molar-refractivity contribution in [2.75, 3.05) is 5.32 Å². The minimum absolute atomic E-state index is 0.0134. The first-order valence-electron chi connectivity index (χ1n) is 9.15. The van der Waals surface area contributed by atoms with Crippen LogP contribution in [0.5, 0.6) is 0 Å². The van der Waals surface area contributed by atoms with Crippen molar-refractivity contribution in [3.05, 3.63) is 70.6 Å². The van der Waals surface area contributed by atoms with E-state index in [1.54, 1.807) is 46.6 Å². The fourth-order valence-electron chi connectivity index (χ4n) is 2.82. The number of pyridine rings is 1. The molecule has 1 N–H and O–H groups in total. The quantitative estimate of drug-likeness (QED) is 0.431. The van der Waals surface area contributed by atoms with Crippen LogP contribution in [0.1, 0.15) is 30.2 Å². The third-order valence-corrected chi connectivity index (χ3v) is 5.33. The Bertz CT molecular complexity index is 1200. The number of nitrogens with zero attached hydrogens (tertiary/aromatic N) is 4. The van der Waals surface area contributed by atoms with E-state index in [2.05, 4.69) is 20.4 Å². The summed E-state index contributed by atoms with van der Waals surface area (Å²) >= 11 is 7.14. The largest absolute Gasteiger partial charge is 0.298 e. The molecule has 0 spiro atoms. The van der Waals surface area contributed by atoms with Gasteiger partial charge >= 0.3 is 0 Å². The van der Waals surface area contributed by atoms with E-state index in [-0.39, 0.29) is 22.9 Å². The van der Waals surface area contributed by atoms with E-state index in [0.29, 0.717) is 21.5 Å². The molecule has 6 nitrogen and oxygen atoms in total. The Morgan fingerprint density at radius 2 is 2.00 bits per heavy atom. The Balaban J connectivity index is 1.64. The standard InChI is InChI=1S/C21H17ClFN5OS/c1-12(2)28-10-15(19(27-28)14-5-3-4-6-16(14)23)20(29)26-21-25-18(11-30-21)17-8-7-13(22)9-24-17/h3-12H,1-2H3,(H,25,26,29). The zero-order valence-electron chi connectivity index (χ0n) is 16.1. The first-order chi connectivity index (χ1) is 14.4. The number of amides is 1. The highest BCUT2D eigenvalue weighted by Crippen LogP contribution is 2.28. The molecule has 1 aromatic carbocycles. The molecule has 0 saturated carbocycles. The molecule has 9 heteroatoms. The third-order valence-electron chi connectivity index (χ3n) is 4.35. The topological polar surface area (TPSA) is 72.7 Å². The van der Waals surface area contributed by atoms with Gasteiger partial charge in [0.1, 0.15) is 17.2 Å². The summed E-state index contributed by atoms with van der Waals surface area (Å²) in [6.45, 7) is 3.87. The maximum Gasteiger partial charge on any atom is 0.261 e. The lowest BCUT2D eigenvalue weighted by atomic mass is 10.1. The van der Waals surface area contributed by atoms with Crippen molar-refractivity contribution in [1.82, 2.24) is 19.7 Å². The summed E-state index contributed by atoms with van der Waals surface area (Å²) in [6, 6.07) is 9.75. The van der Waals surface area contributed by atoms with E-state index in [1.165, 1.54) is 23.6 Å². The van der Waals surface area contributed by atoms with Gasteiger partial charge in [0.05, 0.1) is 16.3 Å². The third kappa shape index (κ3) is 4.10. The molecule has 3 aromatic heterocycles. The number of rotatable bonds is 5. The molecule has 0 fully saturated rings. The number of aromatic nitrogens is 4. The maximum atomic E-state index is 14.4. The van der Waals surface area contributed by atoms with E-state index in [9.17, 15) is 9.18 Å². The lowest BCUT2D eigenvalue weighted by Gasteiger charge is -2.04. The fourth-order valence-corrected chi connectivity index (χ4v) is 3.63. The van der Waals surface area contributed by atoms with Crippen LogP contribution in [-0.2, 0) is 0 Å². The molecular weight excluding hydrogens is 425 g/mol. The lowest BCUT2D eigenvalue weighted by molar-refractivity contribution is 0.102. The Kier molecular flexibility index (Phi) is 5.61. The monoisotopic (exact) mass is 441 g/mol. The molecule has 0 atom stereocenters. The van der Waals surface area contributed by atoms with Gasteiger partial charge in [0.2, 0.25) is 0 Å². The van der Waals surface area contributed by atoms with Crippen molar-refractivity contribution >= 4 is 34.0 Å². The molecule has 0 aliphatic carbocycles. The molecule has 0 bridgehead atoms. The zero-order chi connectivity index (χ0) is 21.3. The number of anilines is 1. The highest BCUT2D eigenvalue weighted by atomic mass is 35.5. The molecular formula is C21H17ClFN5OS. The van der Waals surface area contributed by atoms with E-state index in [0.717, 1.165) is 0 Å². The van der Waals surface area contributed by atoms with Gasteiger partial charge in [0.15, 0.2) is 5.13 Å². The van der Waals surface area contributed by atoms with E-state index < -0.39 is 11.7 Å². The number of hydrogen-bond acceptors (Lipinski definition) is 5. The average Bonchev–Trinajstić information content (AvgIpc) is 3.36. The highest BCUT2D eigenvalue weighted by Gasteiger charge is 2.22.